The highest BCUT2D eigenvalue weighted by Crippen LogP contribution is 2.27. The zero-order valence-electron chi connectivity index (χ0n) is 9.76. The van der Waals surface area contributed by atoms with Gasteiger partial charge in [-0.3, -0.25) is 5.41 Å². The molecule has 16 heavy (non-hydrogen) atoms. The van der Waals surface area contributed by atoms with E-state index in [1.165, 1.54) is 12.1 Å². The van der Waals surface area contributed by atoms with Crippen molar-refractivity contribution in [2.45, 2.75) is 39.3 Å². The predicted molar refractivity (Wildman–Crippen MR) is 63.1 cm³/mol. The van der Waals surface area contributed by atoms with E-state index >= 15 is 0 Å². The first-order valence-corrected chi connectivity index (χ1v) is 5.81. The molecule has 0 saturated heterocycles. The van der Waals surface area contributed by atoms with Crippen molar-refractivity contribution >= 4 is 5.84 Å². The van der Waals surface area contributed by atoms with Gasteiger partial charge in [0.1, 0.15) is 11.7 Å². The van der Waals surface area contributed by atoms with E-state index in [-0.39, 0.29) is 5.82 Å². The lowest BCUT2D eigenvalue weighted by Crippen LogP contribution is -2.34. The summed E-state index contributed by atoms with van der Waals surface area (Å²) in [4.78, 5) is 2.07. The van der Waals surface area contributed by atoms with E-state index in [1.807, 2.05) is 0 Å². The maximum absolute atomic E-state index is 13.1. The predicted octanol–water partition coefficient (Wildman–Crippen LogP) is 3.16. The summed E-state index contributed by atoms with van der Waals surface area (Å²) in [5.41, 5.74) is 1.82. The van der Waals surface area contributed by atoms with Crippen LogP contribution in [-0.4, -0.2) is 16.8 Å². The molecule has 86 valence electrons. The molecule has 0 unspecified atom stereocenters. The average molecular weight is 220 g/mol. The standard InChI is InChI=1S/C13H17FN2/c1-3-11(4-2)16-8-9-5-6-10(14)7-12(9)13(16)15/h5-7,11,15H,3-4,8H2,1-2H3. The van der Waals surface area contributed by atoms with Crippen LogP contribution in [0, 0.1) is 11.2 Å². The number of fused-ring (bicyclic) bond motifs is 1. The molecule has 1 heterocycles. The number of nitrogens with one attached hydrogen (secondary N) is 1. The van der Waals surface area contributed by atoms with Gasteiger partial charge in [-0.1, -0.05) is 19.9 Å². The summed E-state index contributed by atoms with van der Waals surface area (Å²) in [5, 5.41) is 8.08. The molecule has 0 aromatic heterocycles. The first-order valence-electron chi connectivity index (χ1n) is 5.81. The molecule has 0 saturated carbocycles. The van der Waals surface area contributed by atoms with Crippen LogP contribution in [0.1, 0.15) is 37.8 Å². The molecule has 0 radical (unpaired) electrons. The van der Waals surface area contributed by atoms with E-state index in [0.717, 1.165) is 30.5 Å². The van der Waals surface area contributed by atoms with Crippen molar-refractivity contribution in [1.82, 2.24) is 4.90 Å². The number of rotatable bonds is 3. The molecule has 0 fully saturated rings. The number of nitrogens with zero attached hydrogens (tertiary/aromatic N) is 1. The van der Waals surface area contributed by atoms with Crippen molar-refractivity contribution in [3.05, 3.63) is 35.1 Å². The Balaban J connectivity index is 2.30. The van der Waals surface area contributed by atoms with Gasteiger partial charge in [0.25, 0.3) is 0 Å². The van der Waals surface area contributed by atoms with Crippen molar-refractivity contribution in [2.24, 2.45) is 0 Å². The van der Waals surface area contributed by atoms with Gasteiger partial charge in [-0.25, -0.2) is 4.39 Å². The van der Waals surface area contributed by atoms with Crippen LogP contribution in [0.25, 0.3) is 0 Å². The summed E-state index contributed by atoms with van der Waals surface area (Å²) in [6, 6.07) is 5.13. The van der Waals surface area contributed by atoms with Crippen LogP contribution < -0.4 is 0 Å². The van der Waals surface area contributed by atoms with Crippen LogP contribution in [0.4, 0.5) is 4.39 Å². The van der Waals surface area contributed by atoms with Crippen molar-refractivity contribution in [3.63, 3.8) is 0 Å². The van der Waals surface area contributed by atoms with Crippen LogP contribution >= 0.6 is 0 Å². The number of amidine groups is 1. The van der Waals surface area contributed by atoms with Gasteiger partial charge >= 0.3 is 0 Å². The fourth-order valence-electron chi connectivity index (χ4n) is 2.37. The van der Waals surface area contributed by atoms with Gasteiger partial charge in [0.2, 0.25) is 0 Å². The van der Waals surface area contributed by atoms with Gasteiger partial charge in [-0.2, -0.15) is 0 Å². The lowest BCUT2D eigenvalue weighted by atomic mass is 10.1. The Labute approximate surface area is 95.6 Å². The van der Waals surface area contributed by atoms with Gasteiger partial charge in [0.15, 0.2) is 0 Å². The molecule has 1 aromatic rings. The largest absolute Gasteiger partial charge is 0.349 e. The molecule has 1 aromatic carbocycles. The minimum absolute atomic E-state index is 0.255. The number of benzene rings is 1. The second kappa shape index (κ2) is 4.24. The maximum Gasteiger partial charge on any atom is 0.129 e. The molecule has 0 spiro atoms. The molecule has 3 heteroatoms. The zero-order valence-corrected chi connectivity index (χ0v) is 9.76. The third-order valence-corrected chi connectivity index (χ3v) is 3.34. The Morgan fingerprint density at radius 1 is 1.38 bits per heavy atom. The summed E-state index contributed by atoms with van der Waals surface area (Å²) < 4.78 is 13.1. The Kier molecular flexibility index (Phi) is 2.95. The summed E-state index contributed by atoms with van der Waals surface area (Å²) in [7, 11) is 0. The summed E-state index contributed by atoms with van der Waals surface area (Å²) in [6.45, 7) is 5.01. The SMILES string of the molecule is CCC(CC)N1Cc2ccc(F)cc2C1=N. The molecule has 1 aliphatic rings. The van der Waals surface area contributed by atoms with Crippen molar-refractivity contribution in [2.75, 3.05) is 0 Å². The highest BCUT2D eigenvalue weighted by atomic mass is 19.1. The molecule has 2 rings (SSSR count). The minimum atomic E-state index is -0.255. The quantitative estimate of drug-likeness (QED) is 0.832. The fourth-order valence-corrected chi connectivity index (χ4v) is 2.37. The molecule has 0 bridgehead atoms. The molecule has 1 aliphatic heterocycles. The lowest BCUT2D eigenvalue weighted by molar-refractivity contribution is 0.297. The number of hydrogen-bond acceptors (Lipinski definition) is 1. The maximum atomic E-state index is 13.1. The van der Waals surface area contributed by atoms with Crippen molar-refractivity contribution in [3.8, 4) is 0 Å². The normalized spacial score (nSPS) is 14.8. The third kappa shape index (κ3) is 1.70. The second-order valence-corrected chi connectivity index (χ2v) is 4.25. The average Bonchev–Trinajstić information content (AvgIpc) is 2.59. The third-order valence-electron chi connectivity index (χ3n) is 3.34. The summed E-state index contributed by atoms with van der Waals surface area (Å²) in [6.07, 6.45) is 2.05. The van der Waals surface area contributed by atoms with E-state index in [9.17, 15) is 4.39 Å². The zero-order chi connectivity index (χ0) is 11.7. The Morgan fingerprint density at radius 2 is 2.06 bits per heavy atom. The molecule has 1 N–H and O–H groups in total. The Morgan fingerprint density at radius 3 is 2.69 bits per heavy atom. The van der Waals surface area contributed by atoms with Gasteiger partial charge in [-0.15, -0.1) is 0 Å². The molecule has 0 aliphatic carbocycles. The van der Waals surface area contributed by atoms with Gasteiger partial charge in [0, 0.05) is 18.2 Å². The molecule has 2 nitrogen and oxygen atoms in total. The van der Waals surface area contributed by atoms with E-state index < -0.39 is 0 Å². The summed E-state index contributed by atoms with van der Waals surface area (Å²) >= 11 is 0. The fraction of sp³-hybridized carbons (Fsp3) is 0.462. The van der Waals surface area contributed by atoms with Crippen LogP contribution in [-0.2, 0) is 6.54 Å². The first-order chi connectivity index (χ1) is 7.67. The lowest BCUT2D eigenvalue weighted by Gasteiger charge is -2.27. The topological polar surface area (TPSA) is 27.1 Å². The number of halogens is 1. The first kappa shape index (κ1) is 11.1. The van der Waals surface area contributed by atoms with Crippen LogP contribution in [0.5, 0.6) is 0 Å². The van der Waals surface area contributed by atoms with E-state index in [1.54, 1.807) is 6.07 Å². The smallest absolute Gasteiger partial charge is 0.129 e. The number of hydrogen-bond donors (Lipinski definition) is 1. The Bertz CT molecular complexity index is 410. The molecule has 0 atom stereocenters. The van der Waals surface area contributed by atoms with Gasteiger partial charge in [0.05, 0.1) is 0 Å². The Hall–Kier alpha value is -1.38. The van der Waals surface area contributed by atoms with Crippen LogP contribution in [0.3, 0.4) is 0 Å². The minimum Gasteiger partial charge on any atom is -0.349 e. The van der Waals surface area contributed by atoms with Gasteiger partial charge < -0.3 is 4.90 Å². The molecule has 0 amide bonds. The summed E-state index contributed by atoms with van der Waals surface area (Å²) in [5.74, 6) is 0.220. The van der Waals surface area contributed by atoms with E-state index in [4.69, 9.17) is 5.41 Å². The molecular weight excluding hydrogens is 203 g/mol. The van der Waals surface area contributed by atoms with E-state index in [2.05, 4.69) is 18.7 Å². The highest BCUT2D eigenvalue weighted by molar-refractivity contribution is 6.00. The highest BCUT2D eigenvalue weighted by Gasteiger charge is 2.28. The van der Waals surface area contributed by atoms with Crippen LogP contribution in [0.15, 0.2) is 18.2 Å². The molecular formula is C13H17FN2. The van der Waals surface area contributed by atoms with Crippen molar-refractivity contribution < 1.29 is 4.39 Å². The second-order valence-electron chi connectivity index (χ2n) is 4.25. The monoisotopic (exact) mass is 220 g/mol. The van der Waals surface area contributed by atoms with Gasteiger partial charge in [-0.05, 0) is 30.5 Å². The van der Waals surface area contributed by atoms with Crippen LogP contribution in [0.2, 0.25) is 0 Å². The van der Waals surface area contributed by atoms with E-state index in [0.29, 0.717) is 11.9 Å². The van der Waals surface area contributed by atoms with Crippen molar-refractivity contribution in [1.29, 1.82) is 5.41 Å².